The Labute approximate surface area is 112 Å². The SMILES string of the molecule is CC(C)N(CCO)CC(=O)Nc1cc(F)ccc1N. The van der Waals surface area contributed by atoms with Crippen LogP contribution in [0.4, 0.5) is 15.8 Å². The Bertz CT molecular complexity index is 438. The molecule has 1 amide bonds. The molecular formula is C13H20FN3O2. The Balaban J connectivity index is 2.66. The topological polar surface area (TPSA) is 78.6 Å². The molecule has 0 spiro atoms. The van der Waals surface area contributed by atoms with Gasteiger partial charge in [0.25, 0.3) is 0 Å². The number of halogens is 1. The van der Waals surface area contributed by atoms with Crippen molar-refractivity contribution in [3.05, 3.63) is 24.0 Å². The maximum atomic E-state index is 13.1. The number of benzene rings is 1. The standard InChI is InChI=1S/C13H20FN3O2/c1-9(2)17(5-6-18)8-13(19)16-12-7-10(14)3-4-11(12)15/h3-4,7,9,18H,5-6,8,15H2,1-2H3,(H,16,19). The molecular weight excluding hydrogens is 249 g/mol. The smallest absolute Gasteiger partial charge is 0.238 e. The van der Waals surface area contributed by atoms with Crippen LogP contribution in [0.1, 0.15) is 13.8 Å². The highest BCUT2D eigenvalue weighted by Crippen LogP contribution is 2.19. The summed E-state index contributed by atoms with van der Waals surface area (Å²) in [6.45, 7) is 4.37. The summed E-state index contributed by atoms with van der Waals surface area (Å²) in [5.74, 6) is -0.750. The summed E-state index contributed by atoms with van der Waals surface area (Å²) >= 11 is 0. The van der Waals surface area contributed by atoms with Gasteiger partial charge in [0, 0.05) is 12.6 Å². The Hall–Kier alpha value is -1.66. The van der Waals surface area contributed by atoms with Gasteiger partial charge in [0.1, 0.15) is 5.82 Å². The molecule has 0 radical (unpaired) electrons. The van der Waals surface area contributed by atoms with E-state index in [1.165, 1.54) is 18.2 Å². The maximum Gasteiger partial charge on any atom is 0.238 e. The van der Waals surface area contributed by atoms with Gasteiger partial charge in [-0.05, 0) is 32.0 Å². The monoisotopic (exact) mass is 269 g/mol. The van der Waals surface area contributed by atoms with Crippen molar-refractivity contribution in [2.75, 3.05) is 30.7 Å². The molecule has 4 N–H and O–H groups in total. The van der Waals surface area contributed by atoms with Gasteiger partial charge in [-0.1, -0.05) is 0 Å². The van der Waals surface area contributed by atoms with E-state index in [0.29, 0.717) is 12.2 Å². The molecule has 1 rings (SSSR count). The van der Waals surface area contributed by atoms with E-state index < -0.39 is 5.82 Å². The zero-order chi connectivity index (χ0) is 14.4. The van der Waals surface area contributed by atoms with E-state index in [4.69, 9.17) is 10.8 Å². The fourth-order valence-corrected chi connectivity index (χ4v) is 1.66. The molecule has 1 aromatic rings. The maximum absolute atomic E-state index is 13.1. The van der Waals surface area contributed by atoms with E-state index in [2.05, 4.69) is 5.32 Å². The Morgan fingerprint density at radius 3 is 2.79 bits per heavy atom. The molecule has 19 heavy (non-hydrogen) atoms. The van der Waals surface area contributed by atoms with Crippen molar-refractivity contribution in [2.24, 2.45) is 0 Å². The number of aliphatic hydroxyl groups is 1. The third-order valence-electron chi connectivity index (χ3n) is 2.75. The quantitative estimate of drug-likeness (QED) is 0.674. The van der Waals surface area contributed by atoms with Gasteiger partial charge < -0.3 is 16.2 Å². The van der Waals surface area contributed by atoms with Crippen LogP contribution >= 0.6 is 0 Å². The largest absolute Gasteiger partial charge is 0.397 e. The van der Waals surface area contributed by atoms with E-state index in [0.717, 1.165) is 0 Å². The van der Waals surface area contributed by atoms with Gasteiger partial charge in [0.05, 0.1) is 24.5 Å². The normalized spacial score (nSPS) is 11.1. The van der Waals surface area contributed by atoms with Crippen molar-refractivity contribution in [1.82, 2.24) is 4.90 Å². The molecule has 6 heteroatoms. The van der Waals surface area contributed by atoms with Gasteiger partial charge in [-0.3, -0.25) is 9.69 Å². The third kappa shape index (κ3) is 4.84. The number of rotatable bonds is 6. The molecule has 0 heterocycles. The second-order valence-corrected chi connectivity index (χ2v) is 4.57. The molecule has 0 aliphatic heterocycles. The number of hydrogen-bond acceptors (Lipinski definition) is 4. The number of carbonyl (C=O) groups excluding carboxylic acids is 1. The zero-order valence-electron chi connectivity index (χ0n) is 11.2. The van der Waals surface area contributed by atoms with Crippen LogP contribution in [0.25, 0.3) is 0 Å². The molecule has 0 unspecified atom stereocenters. The van der Waals surface area contributed by atoms with Gasteiger partial charge in [-0.15, -0.1) is 0 Å². The molecule has 0 saturated carbocycles. The molecule has 0 aromatic heterocycles. The number of aliphatic hydroxyl groups excluding tert-OH is 1. The number of nitrogens with one attached hydrogen (secondary N) is 1. The molecule has 106 valence electrons. The lowest BCUT2D eigenvalue weighted by Crippen LogP contribution is -2.39. The average Bonchev–Trinajstić information content (AvgIpc) is 2.33. The predicted molar refractivity (Wildman–Crippen MR) is 73.2 cm³/mol. The van der Waals surface area contributed by atoms with E-state index in [9.17, 15) is 9.18 Å². The van der Waals surface area contributed by atoms with Crippen molar-refractivity contribution < 1.29 is 14.3 Å². The zero-order valence-corrected chi connectivity index (χ0v) is 11.2. The highest BCUT2D eigenvalue weighted by atomic mass is 19.1. The minimum Gasteiger partial charge on any atom is -0.397 e. The summed E-state index contributed by atoms with van der Waals surface area (Å²) in [6.07, 6.45) is 0. The van der Waals surface area contributed by atoms with Gasteiger partial charge in [-0.25, -0.2) is 4.39 Å². The van der Waals surface area contributed by atoms with Gasteiger partial charge in [-0.2, -0.15) is 0 Å². The van der Waals surface area contributed by atoms with E-state index in [-0.39, 0.29) is 30.8 Å². The molecule has 0 saturated heterocycles. The van der Waals surface area contributed by atoms with Crippen molar-refractivity contribution in [3.8, 4) is 0 Å². The highest BCUT2D eigenvalue weighted by molar-refractivity contribution is 5.95. The third-order valence-corrected chi connectivity index (χ3v) is 2.75. The first kappa shape index (κ1) is 15.4. The van der Waals surface area contributed by atoms with Crippen LogP contribution in [0.5, 0.6) is 0 Å². The lowest BCUT2D eigenvalue weighted by Gasteiger charge is -2.24. The second kappa shape index (κ2) is 7.06. The van der Waals surface area contributed by atoms with E-state index in [1.54, 1.807) is 0 Å². The van der Waals surface area contributed by atoms with Crippen LogP contribution < -0.4 is 11.1 Å². The van der Waals surface area contributed by atoms with Gasteiger partial charge in [0.2, 0.25) is 5.91 Å². The Morgan fingerprint density at radius 1 is 1.53 bits per heavy atom. The predicted octanol–water partition coefficient (Wildman–Crippen LogP) is 1.05. The lowest BCUT2D eigenvalue weighted by atomic mass is 10.2. The van der Waals surface area contributed by atoms with Crippen molar-refractivity contribution >= 4 is 17.3 Å². The minimum absolute atomic E-state index is 0.0203. The van der Waals surface area contributed by atoms with E-state index >= 15 is 0 Å². The summed E-state index contributed by atoms with van der Waals surface area (Å²) in [6, 6.07) is 3.94. The van der Waals surface area contributed by atoms with Crippen LogP contribution in [-0.4, -0.2) is 41.7 Å². The fraction of sp³-hybridized carbons (Fsp3) is 0.462. The van der Waals surface area contributed by atoms with Crippen LogP contribution in [0, 0.1) is 5.82 Å². The number of nitrogens with zero attached hydrogens (tertiary/aromatic N) is 1. The fourth-order valence-electron chi connectivity index (χ4n) is 1.66. The Morgan fingerprint density at radius 2 is 2.21 bits per heavy atom. The number of carbonyl (C=O) groups is 1. The van der Waals surface area contributed by atoms with Gasteiger partial charge >= 0.3 is 0 Å². The van der Waals surface area contributed by atoms with Crippen molar-refractivity contribution in [1.29, 1.82) is 0 Å². The molecule has 0 atom stereocenters. The number of amides is 1. The number of hydrogen-bond donors (Lipinski definition) is 3. The van der Waals surface area contributed by atoms with Crippen molar-refractivity contribution in [2.45, 2.75) is 19.9 Å². The molecule has 5 nitrogen and oxygen atoms in total. The minimum atomic E-state index is -0.458. The summed E-state index contributed by atoms with van der Waals surface area (Å²) in [7, 11) is 0. The van der Waals surface area contributed by atoms with Crippen LogP contribution in [0.3, 0.4) is 0 Å². The molecule has 0 aliphatic carbocycles. The summed E-state index contributed by atoms with van der Waals surface area (Å²) < 4.78 is 13.1. The van der Waals surface area contributed by atoms with Crippen molar-refractivity contribution in [3.63, 3.8) is 0 Å². The lowest BCUT2D eigenvalue weighted by molar-refractivity contribution is -0.117. The summed E-state index contributed by atoms with van der Waals surface area (Å²) in [4.78, 5) is 13.7. The van der Waals surface area contributed by atoms with E-state index in [1.807, 2.05) is 18.7 Å². The molecule has 1 aromatic carbocycles. The molecule has 0 bridgehead atoms. The highest BCUT2D eigenvalue weighted by Gasteiger charge is 2.14. The number of anilines is 2. The first-order valence-corrected chi connectivity index (χ1v) is 6.13. The number of nitrogen functional groups attached to an aromatic ring is 1. The van der Waals surface area contributed by atoms with Crippen LogP contribution in [0.2, 0.25) is 0 Å². The summed E-state index contributed by atoms with van der Waals surface area (Å²) in [5.41, 5.74) is 6.23. The Kier molecular flexibility index (Phi) is 5.72. The number of nitrogens with two attached hydrogens (primary N) is 1. The molecule has 0 fully saturated rings. The second-order valence-electron chi connectivity index (χ2n) is 4.57. The average molecular weight is 269 g/mol. The summed E-state index contributed by atoms with van der Waals surface area (Å²) in [5, 5.41) is 11.5. The van der Waals surface area contributed by atoms with Crippen LogP contribution in [0.15, 0.2) is 18.2 Å². The molecule has 0 aliphatic rings. The first-order chi connectivity index (χ1) is 8.93. The van der Waals surface area contributed by atoms with Crippen LogP contribution in [-0.2, 0) is 4.79 Å². The van der Waals surface area contributed by atoms with Gasteiger partial charge in [0.15, 0.2) is 0 Å². The first-order valence-electron chi connectivity index (χ1n) is 6.13.